The molecular formula is C26H26N4O5. The lowest BCUT2D eigenvalue weighted by atomic mass is 9.82. The molecule has 2 spiro atoms. The summed E-state index contributed by atoms with van der Waals surface area (Å²) in [5.74, 6) is -0.183. The minimum Gasteiger partial charge on any atom is -0.475 e. The summed E-state index contributed by atoms with van der Waals surface area (Å²) in [6, 6.07) is 12.3. The summed E-state index contributed by atoms with van der Waals surface area (Å²) in [5.41, 5.74) is 1.17. The summed E-state index contributed by atoms with van der Waals surface area (Å²) >= 11 is 0. The summed E-state index contributed by atoms with van der Waals surface area (Å²) < 4.78 is 6.23. The number of imide groups is 1. The van der Waals surface area contributed by atoms with Gasteiger partial charge in [-0.1, -0.05) is 24.6 Å². The average Bonchev–Trinajstić information content (AvgIpc) is 3.34. The van der Waals surface area contributed by atoms with E-state index in [1.54, 1.807) is 17.0 Å². The van der Waals surface area contributed by atoms with Gasteiger partial charge in [0.1, 0.15) is 17.8 Å². The summed E-state index contributed by atoms with van der Waals surface area (Å²) in [6.45, 7) is -0.125. The van der Waals surface area contributed by atoms with E-state index in [9.17, 15) is 19.2 Å². The Balaban J connectivity index is 1.20. The zero-order valence-electron chi connectivity index (χ0n) is 19.2. The van der Waals surface area contributed by atoms with Gasteiger partial charge in [0.2, 0.25) is 5.91 Å². The third kappa shape index (κ3) is 3.53. The predicted molar refractivity (Wildman–Crippen MR) is 127 cm³/mol. The third-order valence-electron chi connectivity index (χ3n) is 7.55. The van der Waals surface area contributed by atoms with Crippen LogP contribution < -0.4 is 25.6 Å². The zero-order chi connectivity index (χ0) is 24.2. The molecule has 4 aliphatic rings. The number of ether oxygens (including phenoxy) is 1. The Labute approximate surface area is 202 Å². The minimum absolute atomic E-state index is 0.125. The monoisotopic (exact) mass is 474 g/mol. The van der Waals surface area contributed by atoms with E-state index < -0.39 is 17.2 Å². The van der Waals surface area contributed by atoms with Crippen molar-refractivity contribution in [3.05, 3.63) is 53.6 Å². The smallest absolute Gasteiger partial charge is 0.322 e. The second kappa shape index (κ2) is 7.83. The Morgan fingerprint density at radius 1 is 1.00 bits per heavy atom. The second-order valence-electron chi connectivity index (χ2n) is 9.89. The molecule has 9 nitrogen and oxygen atoms in total. The summed E-state index contributed by atoms with van der Waals surface area (Å²) in [6.07, 6.45) is 4.98. The highest BCUT2D eigenvalue weighted by Gasteiger charge is 2.50. The van der Waals surface area contributed by atoms with E-state index in [1.165, 1.54) is 0 Å². The number of anilines is 2. The number of hydrogen-bond donors (Lipinski definition) is 3. The molecule has 0 radical (unpaired) electrons. The van der Waals surface area contributed by atoms with Crippen molar-refractivity contribution in [3.8, 4) is 5.75 Å². The Morgan fingerprint density at radius 3 is 2.54 bits per heavy atom. The van der Waals surface area contributed by atoms with E-state index >= 15 is 0 Å². The van der Waals surface area contributed by atoms with Crippen molar-refractivity contribution in [1.29, 1.82) is 0 Å². The van der Waals surface area contributed by atoms with Gasteiger partial charge in [-0.2, -0.15) is 0 Å². The van der Waals surface area contributed by atoms with Gasteiger partial charge in [0.05, 0.1) is 5.69 Å². The average molecular weight is 475 g/mol. The number of urea groups is 1. The molecule has 9 heteroatoms. The Bertz CT molecular complexity index is 1270. The summed E-state index contributed by atoms with van der Waals surface area (Å²) in [7, 11) is 0. The quantitative estimate of drug-likeness (QED) is 0.591. The molecule has 0 aromatic heterocycles. The first-order chi connectivity index (χ1) is 16.9. The SMILES string of the molecule is O=C(CN1C(=O)C2(CCCCC2)Oc2ccccc21)Nc1ccc2c(c1)CC1(C2)NC(=O)NC1=O. The lowest BCUT2D eigenvalue weighted by Gasteiger charge is -2.44. The number of para-hydroxylation sites is 2. The molecule has 35 heavy (non-hydrogen) atoms. The topological polar surface area (TPSA) is 117 Å². The molecular weight excluding hydrogens is 448 g/mol. The first kappa shape index (κ1) is 21.6. The molecule has 5 amide bonds. The fourth-order valence-electron chi connectivity index (χ4n) is 5.85. The number of nitrogens with one attached hydrogen (secondary N) is 3. The van der Waals surface area contributed by atoms with E-state index in [-0.39, 0.29) is 24.3 Å². The van der Waals surface area contributed by atoms with Crippen molar-refractivity contribution < 1.29 is 23.9 Å². The van der Waals surface area contributed by atoms with Gasteiger partial charge in [-0.15, -0.1) is 0 Å². The van der Waals surface area contributed by atoms with Crippen LogP contribution in [0, 0.1) is 0 Å². The highest BCUT2D eigenvalue weighted by Crippen LogP contribution is 2.43. The van der Waals surface area contributed by atoms with Crippen LogP contribution in [0.15, 0.2) is 42.5 Å². The van der Waals surface area contributed by atoms with Crippen LogP contribution in [0.25, 0.3) is 0 Å². The molecule has 0 bridgehead atoms. The van der Waals surface area contributed by atoms with Crippen LogP contribution in [0.2, 0.25) is 0 Å². The minimum atomic E-state index is -0.958. The standard InChI is InChI=1S/C26H26N4O5/c31-21(27-18-9-8-16-13-25(14-17(16)12-18)22(32)28-24(34)29-25)15-30-19-6-2-3-7-20(19)35-26(23(30)33)10-4-1-5-11-26/h2-3,6-9,12H,1,4-5,10-11,13-15H2,(H,27,31)(H2,28,29,32,34). The Hall–Kier alpha value is -3.88. The van der Waals surface area contributed by atoms with E-state index in [0.717, 1.165) is 30.4 Å². The number of amides is 5. The van der Waals surface area contributed by atoms with Gasteiger partial charge >= 0.3 is 6.03 Å². The van der Waals surface area contributed by atoms with E-state index in [1.807, 2.05) is 30.3 Å². The molecule has 2 aromatic rings. The molecule has 1 unspecified atom stereocenters. The molecule has 2 fully saturated rings. The molecule has 6 rings (SSSR count). The largest absolute Gasteiger partial charge is 0.475 e. The number of benzene rings is 2. The number of nitrogens with zero attached hydrogens (tertiary/aromatic N) is 1. The zero-order valence-corrected chi connectivity index (χ0v) is 19.2. The first-order valence-electron chi connectivity index (χ1n) is 12.0. The van der Waals surface area contributed by atoms with Gasteiger partial charge in [0.15, 0.2) is 5.60 Å². The van der Waals surface area contributed by atoms with Crippen molar-refractivity contribution in [1.82, 2.24) is 10.6 Å². The fourth-order valence-corrected chi connectivity index (χ4v) is 5.85. The summed E-state index contributed by atoms with van der Waals surface area (Å²) in [5, 5.41) is 7.95. The molecule has 1 saturated heterocycles. The van der Waals surface area contributed by atoms with E-state index in [2.05, 4.69) is 16.0 Å². The lowest BCUT2D eigenvalue weighted by Crippen LogP contribution is -2.58. The maximum Gasteiger partial charge on any atom is 0.322 e. The second-order valence-corrected chi connectivity index (χ2v) is 9.89. The fraction of sp³-hybridized carbons (Fsp3) is 0.385. The van der Waals surface area contributed by atoms with Gasteiger partial charge in [-0.25, -0.2) is 4.79 Å². The van der Waals surface area contributed by atoms with Crippen molar-refractivity contribution in [2.75, 3.05) is 16.8 Å². The number of rotatable bonds is 3. The van der Waals surface area contributed by atoms with Crippen molar-refractivity contribution >= 4 is 35.1 Å². The highest BCUT2D eigenvalue weighted by molar-refractivity contribution is 6.09. The van der Waals surface area contributed by atoms with Gasteiger partial charge in [0, 0.05) is 18.5 Å². The van der Waals surface area contributed by atoms with Crippen molar-refractivity contribution in [2.45, 2.75) is 56.1 Å². The maximum atomic E-state index is 13.6. The first-order valence-corrected chi connectivity index (χ1v) is 12.0. The van der Waals surface area contributed by atoms with Crippen LogP contribution in [-0.2, 0) is 27.2 Å². The molecule has 180 valence electrons. The normalized spacial score (nSPS) is 24.0. The van der Waals surface area contributed by atoms with Crippen LogP contribution in [0.5, 0.6) is 5.75 Å². The van der Waals surface area contributed by atoms with Gasteiger partial charge < -0.3 is 15.4 Å². The van der Waals surface area contributed by atoms with Crippen LogP contribution in [0.3, 0.4) is 0 Å². The molecule has 2 aliphatic carbocycles. The molecule has 2 aliphatic heterocycles. The molecule has 2 aromatic carbocycles. The van der Waals surface area contributed by atoms with Gasteiger partial charge in [-0.3, -0.25) is 24.6 Å². The number of fused-ring (bicyclic) bond motifs is 2. The third-order valence-corrected chi connectivity index (χ3v) is 7.55. The number of hydrogen-bond acceptors (Lipinski definition) is 5. The van der Waals surface area contributed by atoms with Crippen LogP contribution in [0.4, 0.5) is 16.2 Å². The van der Waals surface area contributed by atoms with Crippen LogP contribution >= 0.6 is 0 Å². The molecule has 3 N–H and O–H groups in total. The lowest BCUT2D eigenvalue weighted by molar-refractivity contribution is -0.139. The van der Waals surface area contributed by atoms with E-state index in [4.69, 9.17) is 4.74 Å². The molecule has 1 saturated carbocycles. The van der Waals surface area contributed by atoms with Crippen LogP contribution in [0.1, 0.15) is 43.2 Å². The molecule has 2 heterocycles. The highest BCUT2D eigenvalue weighted by atomic mass is 16.5. The number of carbonyl (C=O) groups excluding carboxylic acids is 4. The van der Waals surface area contributed by atoms with Crippen LogP contribution in [-0.4, -0.2) is 41.4 Å². The van der Waals surface area contributed by atoms with Gasteiger partial charge in [0.25, 0.3) is 11.8 Å². The van der Waals surface area contributed by atoms with Crippen molar-refractivity contribution in [2.24, 2.45) is 0 Å². The maximum absolute atomic E-state index is 13.6. The van der Waals surface area contributed by atoms with Gasteiger partial charge in [-0.05, 0) is 61.1 Å². The Kier molecular flexibility index (Phi) is 4.84. The summed E-state index contributed by atoms with van der Waals surface area (Å²) in [4.78, 5) is 52.1. The van der Waals surface area contributed by atoms with E-state index in [0.29, 0.717) is 42.8 Å². The molecule has 1 atom stereocenters. The number of carbonyl (C=O) groups is 4. The van der Waals surface area contributed by atoms with Crippen molar-refractivity contribution in [3.63, 3.8) is 0 Å². The predicted octanol–water partition coefficient (Wildman–Crippen LogP) is 2.43. The Morgan fingerprint density at radius 2 is 1.77 bits per heavy atom.